The number of nitrogens with zero attached hydrogens (tertiary/aromatic N) is 6. The highest BCUT2D eigenvalue weighted by atomic mass is 16.2. The molecule has 4 heterocycles. The van der Waals surface area contributed by atoms with Crippen molar-refractivity contribution < 1.29 is 4.79 Å². The lowest BCUT2D eigenvalue weighted by Crippen LogP contribution is -2.39. The number of amides is 2. The van der Waals surface area contributed by atoms with Crippen molar-refractivity contribution in [2.24, 2.45) is 7.05 Å². The zero-order valence-corrected chi connectivity index (χ0v) is 23.6. The maximum Gasteiger partial charge on any atom is 0.324 e. The lowest BCUT2D eigenvalue weighted by Gasteiger charge is -2.24. The minimum atomic E-state index is 0.0542. The molecule has 0 atom stereocenters. The van der Waals surface area contributed by atoms with Gasteiger partial charge in [0.2, 0.25) is 0 Å². The standard InChI is InChI=1S/C32H35N7O/c1-36(2)20-22-7-9-23(10-8-22)29-19-27-26(15-16-33-31(27)34-29)28-21-37(3)35-30(28)24-11-13-25(14-12-24)38(4)32(40)39-17-5-6-18-39/h7-16,19,21H,5-6,17-18,20H2,1-4H3,(H,33,34). The number of aryl methyl sites for hydroxylation is 1. The van der Waals surface area contributed by atoms with E-state index in [2.05, 4.69) is 71.6 Å². The number of aromatic nitrogens is 4. The van der Waals surface area contributed by atoms with Gasteiger partial charge in [0.05, 0.1) is 0 Å². The summed E-state index contributed by atoms with van der Waals surface area (Å²) in [7, 11) is 7.94. The first kappa shape index (κ1) is 25.8. The van der Waals surface area contributed by atoms with Crippen LogP contribution in [0.2, 0.25) is 0 Å². The number of hydrogen-bond donors (Lipinski definition) is 1. The van der Waals surface area contributed by atoms with E-state index in [4.69, 9.17) is 5.10 Å². The molecular weight excluding hydrogens is 498 g/mol. The first-order valence-electron chi connectivity index (χ1n) is 13.8. The smallest absolute Gasteiger partial charge is 0.324 e. The molecule has 40 heavy (non-hydrogen) atoms. The summed E-state index contributed by atoms with van der Waals surface area (Å²) in [5.41, 5.74) is 9.16. The molecule has 2 aromatic carbocycles. The second-order valence-corrected chi connectivity index (χ2v) is 10.9. The van der Waals surface area contributed by atoms with Gasteiger partial charge in [0.1, 0.15) is 11.3 Å². The first-order chi connectivity index (χ1) is 19.4. The Kier molecular flexibility index (Phi) is 6.86. The number of carbonyl (C=O) groups is 1. The molecule has 2 amide bonds. The normalized spacial score (nSPS) is 13.5. The highest BCUT2D eigenvalue weighted by molar-refractivity contribution is 5.99. The van der Waals surface area contributed by atoms with Crippen LogP contribution in [0.15, 0.2) is 73.1 Å². The molecule has 0 saturated carbocycles. The maximum atomic E-state index is 12.9. The van der Waals surface area contributed by atoms with Gasteiger partial charge in [0.15, 0.2) is 0 Å². The fourth-order valence-corrected chi connectivity index (χ4v) is 5.54. The molecule has 0 aliphatic carbocycles. The van der Waals surface area contributed by atoms with Gasteiger partial charge in [-0.3, -0.25) is 9.58 Å². The van der Waals surface area contributed by atoms with Gasteiger partial charge in [-0.1, -0.05) is 36.4 Å². The van der Waals surface area contributed by atoms with Gasteiger partial charge in [0.25, 0.3) is 0 Å². The number of H-pyrrole nitrogens is 1. The fraction of sp³-hybridized carbons (Fsp3) is 0.281. The minimum Gasteiger partial charge on any atom is -0.339 e. The molecule has 8 heteroatoms. The number of hydrogen-bond acceptors (Lipinski definition) is 4. The Morgan fingerprint density at radius 3 is 2.33 bits per heavy atom. The highest BCUT2D eigenvalue weighted by Crippen LogP contribution is 2.37. The summed E-state index contributed by atoms with van der Waals surface area (Å²) in [4.78, 5) is 26.8. The van der Waals surface area contributed by atoms with Crippen LogP contribution in [0.5, 0.6) is 0 Å². The minimum absolute atomic E-state index is 0.0542. The van der Waals surface area contributed by atoms with Crippen molar-refractivity contribution in [3.05, 3.63) is 78.6 Å². The van der Waals surface area contributed by atoms with Crippen LogP contribution in [-0.2, 0) is 13.6 Å². The van der Waals surface area contributed by atoms with Gasteiger partial charge in [-0.25, -0.2) is 9.78 Å². The summed E-state index contributed by atoms with van der Waals surface area (Å²) in [5, 5.41) is 5.88. The van der Waals surface area contributed by atoms with Crippen LogP contribution in [-0.4, -0.2) is 69.8 Å². The van der Waals surface area contributed by atoms with E-state index in [0.29, 0.717) is 0 Å². The van der Waals surface area contributed by atoms with E-state index >= 15 is 0 Å². The Morgan fingerprint density at radius 2 is 1.62 bits per heavy atom. The number of pyridine rings is 1. The van der Waals surface area contributed by atoms with Crippen molar-refractivity contribution >= 4 is 22.8 Å². The Bertz CT molecular complexity index is 1640. The van der Waals surface area contributed by atoms with Crippen molar-refractivity contribution in [2.75, 3.05) is 39.1 Å². The van der Waals surface area contributed by atoms with E-state index in [1.54, 1.807) is 4.90 Å². The third kappa shape index (κ3) is 4.98. The van der Waals surface area contributed by atoms with Crippen LogP contribution >= 0.6 is 0 Å². The Labute approximate surface area is 234 Å². The van der Waals surface area contributed by atoms with Crippen LogP contribution in [0.3, 0.4) is 0 Å². The molecule has 1 saturated heterocycles. The number of likely N-dealkylation sites (tertiary alicyclic amines) is 1. The van der Waals surface area contributed by atoms with Gasteiger partial charge in [-0.2, -0.15) is 5.10 Å². The fourth-order valence-electron chi connectivity index (χ4n) is 5.54. The molecule has 6 rings (SSSR count). The van der Waals surface area contributed by atoms with Crippen LogP contribution in [0.25, 0.3) is 44.7 Å². The molecular formula is C32H35N7O. The number of urea groups is 1. The molecule has 0 radical (unpaired) electrons. The third-order valence-corrected chi connectivity index (χ3v) is 7.61. The molecule has 5 aromatic rings. The monoisotopic (exact) mass is 533 g/mol. The summed E-state index contributed by atoms with van der Waals surface area (Å²) in [6, 6.07) is 21.0. The lowest BCUT2D eigenvalue weighted by molar-refractivity contribution is 0.217. The van der Waals surface area contributed by atoms with Gasteiger partial charge in [-0.15, -0.1) is 0 Å². The van der Waals surface area contributed by atoms with Crippen molar-refractivity contribution in [3.63, 3.8) is 0 Å². The zero-order chi connectivity index (χ0) is 27.8. The average Bonchev–Trinajstić information content (AvgIpc) is 3.72. The van der Waals surface area contributed by atoms with Crippen LogP contribution in [0.1, 0.15) is 18.4 Å². The Hall–Kier alpha value is -4.43. The summed E-state index contributed by atoms with van der Waals surface area (Å²) >= 11 is 0. The van der Waals surface area contributed by atoms with Gasteiger partial charge in [0, 0.05) is 74.0 Å². The first-order valence-corrected chi connectivity index (χ1v) is 13.8. The van der Waals surface area contributed by atoms with Crippen molar-refractivity contribution in [2.45, 2.75) is 19.4 Å². The molecule has 1 aliphatic heterocycles. The molecule has 1 aliphatic rings. The molecule has 1 N–H and O–H groups in total. The van der Waals surface area contributed by atoms with E-state index in [0.717, 1.165) is 82.8 Å². The molecule has 0 bridgehead atoms. The number of carbonyl (C=O) groups excluding carboxylic acids is 1. The predicted molar refractivity (Wildman–Crippen MR) is 161 cm³/mol. The van der Waals surface area contributed by atoms with Crippen LogP contribution < -0.4 is 4.90 Å². The molecule has 204 valence electrons. The van der Waals surface area contributed by atoms with Gasteiger partial charge >= 0.3 is 6.03 Å². The predicted octanol–water partition coefficient (Wildman–Crippen LogP) is 6.01. The summed E-state index contributed by atoms with van der Waals surface area (Å²) in [6.07, 6.45) is 6.06. The topological polar surface area (TPSA) is 73.3 Å². The maximum absolute atomic E-state index is 12.9. The van der Waals surface area contributed by atoms with E-state index in [1.807, 2.05) is 54.1 Å². The van der Waals surface area contributed by atoms with Gasteiger partial charge in [-0.05, 0) is 67.9 Å². The Balaban J connectivity index is 1.32. The Morgan fingerprint density at radius 1 is 0.925 bits per heavy atom. The number of aromatic amines is 1. The zero-order valence-electron chi connectivity index (χ0n) is 23.6. The lowest BCUT2D eigenvalue weighted by atomic mass is 9.99. The summed E-state index contributed by atoms with van der Waals surface area (Å²) in [6.45, 7) is 2.58. The SMILES string of the molecule is CN(C)Cc1ccc(-c2cc3c(-c4cn(C)nc4-c4ccc(N(C)C(=O)N5CCCC5)cc4)ccnc3[nH]2)cc1. The third-order valence-electron chi connectivity index (χ3n) is 7.61. The second-order valence-electron chi connectivity index (χ2n) is 10.9. The average molecular weight is 534 g/mol. The summed E-state index contributed by atoms with van der Waals surface area (Å²) < 4.78 is 1.85. The van der Waals surface area contributed by atoms with E-state index < -0.39 is 0 Å². The van der Waals surface area contributed by atoms with E-state index in [1.165, 1.54) is 5.56 Å². The molecule has 3 aromatic heterocycles. The van der Waals surface area contributed by atoms with Gasteiger partial charge < -0.3 is 14.8 Å². The number of nitrogens with one attached hydrogen (secondary N) is 1. The quantitative estimate of drug-likeness (QED) is 0.290. The van der Waals surface area contributed by atoms with Crippen LogP contribution in [0, 0.1) is 0 Å². The van der Waals surface area contributed by atoms with E-state index in [-0.39, 0.29) is 6.03 Å². The second kappa shape index (κ2) is 10.6. The van der Waals surface area contributed by atoms with E-state index in [9.17, 15) is 4.79 Å². The number of rotatable bonds is 6. The molecule has 0 unspecified atom stereocenters. The number of benzene rings is 2. The van der Waals surface area contributed by atoms with Crippen molar-refractivity contribution in [1.82, 2.24) is 29.5 Å². The molecule has 8 nitrogen and oxygen atoms in total. The summed E-state index contributed by atoms with van der Waals surface area (Å²) in [5.74, 6) is 0. The van der Waals surface area contributed by atoms with Crippen molar-refractivity contribution in [1.29, 1.82) is 0 Å². The van der Waals surface area contributed by atoms with Crippen LogP contribution in [0.4, 0.5) is 10.5 Å². The molecule has 1 fully saturated rings. The van der Waals surface area contributed by atoms with Crippen molar-refractivity contribution in [3.8, 4) is 33.6 Å². The number of fused-ring (bicyclic) bond motifs is 1. The highest BCUT2D eigenvalue weighted by Gasteiger charge is 2.23. The molecule has 0 spiro atoms. The largest absolute Gasteiger partial charge is 0.339 e. The number of anilines is 1.